The van der Waals surface area contributed by atoms with E-state index in [4.69, 9.17) is 16.3 Å². The number of alkyl halides is 3. The van der Waals surface area contributed by atoms with Gasteiger partial charge in [0.05, 0.1) is 17.1 Å². The molecule has 7 nitrogen and oxygen atoms in total. The molecule has 0 bridgehead atoms. The molecule has 2 aromatic rings. The van der Waals surface area contributed by atoms with Crippen LogP contribution < -0.4 is 10.6 Å². The maximum absolute atomic E-state index is 13.0. The number of rotatable bonds is 3. The van der Waals surface area contributed by atoms with Crippen molar-refractivity contribution in [3.63, 3.8) is 0 Å². The summed E-state index contributed by atoms with van der Waals surface area (Å²) < 4.78 is 45.5. The van der Waals surface area contributed by atoms with Gasteiger partial charge in [0.2, 0.25) is 0 Å². The van der Waals surface area contributed by atoms with Gasteiger partial charge in [-0.15, -0.1) is 34.2 Å². The molecule has 0 amide bonds. The smallest absolute Gasteiger partial charge is 0.381 e. The lowest BCUT2D eigenvalue weighted by Gasteiger charge is -2.25. The number of hydrogen-bond donors (Lipinski definition) is 2. The van der Waals surface area contributed by atoms with Crippen LogP contribution in [0.15, 0.2) is 17.3 Å². The molecule has 0 saturated carbocycles. The van der Waals surface area contributed by atoms with Crippen LogP contribution in [0, 0.1) is 0 Å². The molecule has 12 heteroatoms. The first kappa shape index (κ1) is 22.0. The van der Waals surface area contributed by atoms with Gasteiger partial charge in [-0.3, -0.25) is 9.39 Å². The highest BCUT2D eigenvalue weighted by Gasteiger charge is 2.32. The Morgan fingerprint density at radius 1 is 1.37 bits per heavy atom. The number of pyridine rings is 1. The second-order valence-electron chi connectivity index (χ2n) is 5.84. The number of nitrogens with one attached hydrogen (secondary N) is 2. The molecule has 1 aliphatic heterocycles. The summed E-state index contributed by atoms with van der Waals surface area (Å²) in [5.74, 6) is 0.828. The highest BCUT2D eigenvalue weighted by molar-refractivity contribution is 14.0. The van der Waals surface area contributed by atoms with Gasteiger partial charge in [-0.05, 0) is 18.9 Å². The Morgan fingerprint density at radius 3 is 2.70 bits per heavy atom. The summed E-state index contributed by atoms with van der Waals surface area (Å²) in [5.41, 5.74) is -0.690. The van der Waals surface area contributed by atoms with E-state index < -0.39 is 11.7 Å². The summed E-state index contributed by atoms with van der Waals surface area (Å²) in [6, 6.07) is 1.07. The second-order valence-corrected chi connectivity index (χ2v) is 6.25. The zero-order valence-electron chi connectivity index (χ0n) is 14.4. The fraction of sp³-hybridized carbons (Fsp3) is 0.533. The van der Waals surface area contributed by atoms with E-state index in [-0.39, 0.29) is 47.2 Å². The number of hydrogen-bond acceptors (Lipinski definition) is 4. The van der Waals surface area contributed by atoms with Crippen molar-refractivity contribution >= 4 is 47.2 Å². The summed E-state index contributed by atoms with van der Waals surface area (Å²) in [4.78, 5) is 4.13. The SMILES string of the molecule is CN=C(NCc1nnc2c(Cl)cc(C(F)(F)F)cn12)NC1CCOCC1.I. The van der Waals surface area contributed by atoms with E-state index in [2.05, 4.69) is 25.8 Å². The predicted octanol–water partition coefficient (Wildman–Crippen LogP) is 2.86. The first-order valence-corrected chi connectivity index (χ1v) is 8.41. The molecule has 1 fully saturated rings. The zero-order valence-corrected chi connectivity index (χ0v) is 17.5. The fourth-order valence-electron chi connectivity index (χ4n) is 2.67. The fourth-order valence-corrected chi connectivity index (χ4v) is 2.91. The largest absolute Gasteiger partial charge is 0.417 e. The third kappa shape index (κ3) is 5.35. The maximum atomic E-state index is 13.0. The van der Waals surface area contributed by atoms with Gasteiger partial charge in [0.25, 0.3) is 0 Å². The normalized spacial score (nSPS) is 16.3. The van der Waals surface area contributed by atoms with Gasteiger partial charge >= 0.3 is 6.18 Å². The standard InChI is InChI=1S/C15H18ClF3N6O.HI/c1-20-14(22-10-2-4-26-5-3-10)21-7-12-23-24-13-11(16)6-9(8-25(12)13)15(17,18)19;/h6,8,10H,2-5,7H2,1H3,(H2,20,21,22);1H. The van der Waals surface area contributed by atoms with Crippen LogP contribution in [-0.4, -0.2) is 46.9 Å². The molecule has 2 aromatic heterocycles. The van der Waals surface area contributed by atoms with E-state index in [1.165, 1.54) is 4.40 Å². The lowest BCUT2D eigenvalue weighted by molar-refractivity contribution is -0.137. The first-order valence-electron chi connectivity index (χ1n) is 8.04. The van der Waals surface area contributed by atoms with Gasteiger partial charge in [0.1, 0.15) is 0 Å². The van der Waals surface area contributed by atoms with Crippen LogP contribution in [0.3, 0.4) is 0 Å². The number of aliphatic imine (C=N–C) groups is 1. The van der Waals surface area contributed by atoms with Gasteiger partial charge in [0.15, 0.2) is 17.4 Å². The van der Waals surface area contributed by atoms with Crippen LogP contribution in [0.2, 0.25) is 5.02 Å². The molecule has 0 spiro atoms. The van der Waals surface area contributed by atoms with Crippen LogP contribution in [0.1, 0.15) is 24.2 Å². The highest BCUT2D eigenvalue weighted by atomic mass is 127. The summed E-state index contributed by atoms with van der Waals surface area (Å²) in [6.07, 6.45) is -1.85. The lowest BCUT2D eigenvalue weighted by Crippen LogP contribution is -2.45. The molecule has 2 N–H and O–H groups in total. The van der Waals surface area contributed by atoms with Crippen molar-refractivity contribution < 1.29 is 17.9 Å². The number of guanidine groups is 1. The zero-order chi connectivity index (χ0) is 18.7. The minimum atomic E-state index is -4.51. The molecule has 0 aromatic carbocycles. The molecule has 0 radical (unpaired) electrons. The molecule has 1 saturated heterocycles. The van der Waals surface area contributed by atoms with E-state index in [9.17, 15) is 13.2 Å². The van der Waals surface area contributed by atoms with Crippen LogP contribution in [-0.2, 0) is 17.5 Å². The number of ether oxygens (including phenoxy) is 1. The van der Waals surface area contributed by atoms with E-state index >= 15 is 0 Å². The molecule has 150 valence electrons. The molecular weight excluding hydrogens is 500 g/mol. The van der Waals surface area contributed by atoms with Crippen molar-refractivity contribution in [2.24, 2.45) is 4.99 Å². The van der Waals surface area contributed by atoms with Gasteiger partial charge in [-0.25, -0.2) is 0 Å². The molecule has 0 unspecified atom stereocenters. The minimum Gasteiger partial charge on any atom is -0.381 e. The Bertz CT molecular complexity index is 807. The predicted molar refractivity (Wildman–Crippen MR) is 106 cm³/mol. The van der Waals surface area contributed by atoms with Crippen molar-refractivity contribution in [2.45, 2.75) is 31.6 Å². The van der Waals surface area contributed by atoms with Crippen LogP contribution in [0.4, 0.5) is 13.2 Å². The van der Waals surface area contributed by atoms with Gasteiger partial charge in [-0.1, -0.05) is 11.6 Å². The van der Waals surface area contributed by atoms with Crippen molar-refractivity contribution in [2.75, 3.05) is 20.3 Å². The Labute approximate surface area is 175 Å². The number of fused-ring (bicyclic) bond motifs is 1. The Balaban J connectivity index is 0.00000261. The monoisotopic (exact) mass is 518 g/mol. The van der Waals surface area contributed by atoms with E-state index in [1.54, 1.807) is 7.05 Å². The summed E-state index contributed by atoms with van der Waals surface area (Å²) >= 11 is 5.91. The molecule has 3 heterocycles. The highest BCUT2D eigenvalue weighted by Crippen LogP contribution is 2.32. The topological polar surface area (TPSA) is 75.8 Å². The number of halogens is 5. The molecular formula is C15H19ClF3IN6O. The van der Waals surface area contributed by atoms with Crippen LogP contribution in [0.25, 0.3) is 5.65 Å². The molecule has 3 rings (SSSR count). The first-order chi connectivity index (χ1) is 12.4. The van der Waals surface area contributed by atoms with Gasteiger partial charge in [-0.2, -0.15) is 13.2 Å². The van der Waals surface area contributed by atoms with Crippen molar-refractivity contribution in [1.82, 2.24) is 25.2 Å². The number of nitrogens with zero attached hydrogens (tertiary/aromatic N) is 4. The van der Waals surface area contributed by atoms with Crippen molar-refractivity contribution in [3.8, 4) is 0 Å². The summed E-state index contributed by atoms with van der Waals surface area (Å²) in [5, 5.41) is 14.0. The Kier molecular flexibility index (Phi) is 7.51. The van der Waals surface area contributed by atoms with E-state index in [0.29, 0.717) is 25.0 Å². The summed E-state index contributed by atoms with van der Waals surface area (Å²) in [6.45, 7) is 1.51. The Morgan fingerprint density at radius 2 is 2.07 bits per heavy atom. The maximum Gasteiger partial charge on any atom is 0.417 e. The van der Waals surface area contributed by atoms with Gasteiger partial charge in [0, 0.05) is 32.5 Å². The lowest BCUT2D eigenvalue weighted by atomic mass is 10.1. The molecule has 0 atom stereocenters. The minimum absolute atomic E-state index is 0. The number of aromatic nitrogens is 3. The van der Waals surface area contributed by atoms with E-state index in [1.807, 2.05) is 0 Å². The molecule has 1 aliphatic rings. The van der Waals surface area contributed by atoms with Crippen LogP contribution >= 0.6 is 35.6 Å². The molecule has 27 heavy (non-hydrogen) atoms. The third-order valence-electron chi connectivity index (χ3n) is 4.06. The quantitative estimate of drug-likeness (QED) is 0.371. The van der Waals surface area contributed by atoms with Crippen molar-refractivity contribution in [3.05, 3.63) is 28.7 Å². The van der Waals surface area contributed by atoms with Crippen LogP contribution in [0.5, 0.6) is 0 Å². The Hall–Kier alpha value is -1.34. The molecule has 0 aliphatic carbocycles. The van der Waals surface area contributed by atoms with Gasteiger partial charge < -0.3 is 15.4 Å². The van der Waals surface area contributed by atoms with E-state index in [0.717, 1.165) is 25.1 Å². The second kappa shape index (κ2) is 9.24. The average molecular weight is 519 g/mol. The van der Waals surface area contributed by atoms with Crippen molar-refractivity contribution in [1.29, 1.82) is 0 Å². The summed E-state index contributed by atoms with van der Waals surface area (Å²) in [7, 11) is 1.62. The third-order valence-corrected chi connectivity index (χ3v) is 4.34. The average Bonchev–Trinajstić information content (AvgIpc) is 3.02.